The fourth-order valence-electron chi connectivity index (χ4n) is 1.41. The molecule has 2 heterocycles. The van der Waals surface area contributed by atoms with Crippen molar-refractivity contribution >= 4 is 11.3 Å². The van der Waals surface area contributed by atoms with E-state index in [9.17, 15) is 0 Å². The number of nitrogens with one attached hydrogen (secondary N) is 1. The summed E-state index contributed by atoms with van der Waals surface area (Å²) >= 11 is 1.44. The SMILES string of the molecule is Cc1cc(Oc2nnc(CNC(C)C)s2)n(C)n1. The Kier molecular flexibility index (Phi) is 3.93. The first-order valence-corrected chi connectivity index (χ1v) is 6.60. The predicted octanol–water partition coefficient (Wildman–Crippen LogP) is 1.87. The van der Waals surface area contributed by atoms with Gasteiger partial charge >= 0.3 is 5.19 Å². The van der Waals surface area contributed by atoms with Gasteiger partial charge in [-0.25, -0.2) is 4.68 Å². The smallest absolute Gasteiger partial charge is 0.300 e. The highest BCUT2D eigenvalue weighted by atomic mass is 32.1. The van der Waals surface area contributed by atoms with Crippen LogP contribution in [0.2, 0.25) is 0 Å². The molecule has 7 heteroatoms. The molecule has 0 aromatic carbocycles. The first-order valence-electron chi connectivity index (χ1n) is 5.79. The van der Waals surface area contributed by atoms with Crippen molar-refractivity contribution in [2.75, 3.05) is 0 Å². The number of nitrogens with zero attached hydrogens (tertiary/aromatic N) is 4. The van der Waals surface area contributed by atoms with Crippen LogP contribution in [0.1, 0.15) is 24.5 Å². The van der Waals surface area contributed by atoms with Crippen molar-refractivity contribution in [3.63, 3.8) is 0 Å². The highest BCUT2D eigenvalue weighted by Gasteiger charge is 2.09. The maximum absolute atomic E-state index is 5.64. The largest absolute Gasteiger partial charge is 0.411 e. The maximum Gasteiger partial charge on any atom is 0.300 e. The van der Waals surface area contributed by atoms with E-state index in [4.69, 9.17) is 4.74 Å². The monoisotopic (exact) mass is 267 g/mol. The minimum Gasteiger partial charge on any atom is -0.411 e. The van der Waals surface area contributed by atoms with E-state index in [1.165, 1.54) is 11.3 Å². The number of aryl methyl sites for hydroxylation is 2. The van der Waals surface area contributed by atoms with E-state index in [2.05, 4.69) is 34.5 Å². The van der Waals surface area contributed by atoms with Gasteiger partial charge in [0.25, 0.3) is 0 Å². The minimum absolute atomic E-state index is 0.429. The summed E-state index contributed by atoms with van der Waals surface area (Å²) in [7, 11) is 1.84. The molecular formula is C11H17N5OS. The third kappa shape index (κ3) is 3.27. The molecule has 0 fully saturated rings. The van der Waals surface area contributed by atoms with Gasteiger partial charge in [0.2, 0.25) is 5.88 Å². The Hall–Kier alpha value is -1.47. The summed E-state index contributed by atoms with van der Waals surface area (Å²) < 4.78 is 7.32. The van der Waals surface area contributed by atoms with Crippen LogP contribution in [0.4, 0.5) is 0 Å². The second-order valence-corrected chi connectivity index (χ2v) is 5.37. The summed E-state index contributed by atoms with van der Waals surface area (Å²) in [6.07, 6.45) is 0. The van der Waals surface area contributed by atoms with Crippen LogP contribution in [-0.2, 0) is 13.6 Å². The number of aromatic nitrogens is 4. The lowest BCUT2D eigenvalue weighted by atomic mass is 10.4. The molecule has 2 aromatic heterocycles. The second-order valence-electron chi connectivity index (χ2n) is 4.35. The van der Waals surface area contributed by atoms with E-state index in [-0.39, 0.29) is 0 Å². The van der Waals surface area contributed by atoms with E-state index in [0.717, 1.165) is 10.7 Å². The van der Waals surface area contributed by atoms with Gasteiger partial charge < -0.3 is 10.1 Å². The van der Waals surface area contributed by atoms with Gasteiger partial charge in [-0.05, 0) is 6.92 Å². The van der Waals surface area contributed by atoms with Gasteiger partial charge in [0.15, 0.2) is 0 Å². The van der Waals surface area contributed by atoms with E-state index in [0.29, 0.717) is 23.7 Å². The molecule has 0 radical (unpaired) electrons. The summed E-state index contributed by atoms with van der Waals surface area (Å²) in [4.78, 5) is 0. The number of rotatable bonds is 5. The van der Waals surface area contributed by atoms with Gasteiger partial charge in [-0.2, -0.15) is 5.10 Å². The molecule has 2 aromatic rings. The lowest BCUT2D eigenvalue weighted by Gasteiger charge is -2.03. The molecule has 0 spiro atoms. The van der Waals surface area contributed by atoms with Crippen LogP contribution in [0.3, 0.4) is 0 Å². The minimum atomic E-state index is 0.429. The van der Waals surface area contributed by atoms with Gasteiger partial charge in [0.1, 0.15) is 5.01 Å². The molecular weight excluding hydrogens is 250 g/mol. The molecule has 98 valence electrons. The number of hydrogen-bond acceptors (Lipinski definition) is 6. The average molecular weight is 267 g/mol. The van der Waals surface area contributed by atoms with Gasteiger partial charge in [0, 0.05) is 19.2 Å². The van der Waals surface area contributed by atoms with Gasteiger partial charge in [-0.1, -0.05) is 30.3 Å². The van der Waals surface area contributed by atoms with Crippen molar-refractivity contribution < 1.29 is 4.74 Å². The zero-order valence-electron chi connectivity index (χ0n) is 11.0. The fourth-order valence-corrected chi connectivity index (χ4v) is 2.06. The highest BCUT2D eigenvalue weighted by Crippen LogP contribution is 2.24. The predicted molar refractivity (Wildman–Crippen MR) is 69.9 cm³/mol. The zero-order valence-corrected chi connectivity index (χ0v) is 11.8. The summed E-state index contributed by atoms with van der Waals surface area (Å²) in [5.41, 5.74) is 0.915. The standard InChI is InChI=1S/C11H17N5OS/c1-7(2)12-6-9-13-14-11(18-9)17-10-5-8(3)15-16(10)4/h5,7,12H,6H2,1-4H3. The molecule has 0 aliphatic carbocycles. The van der Waals surface area contributed by atoms with Crippen molar-refractivity contribution in [2.45, 2.75) is 33.4 Å². The molecule has 0 bridgehead atoms. The summed E-state index contributed by atoms with van der Waals surface area (Å²) in [6, 6.07) is 2.30. The van der Waals surface area contributed by atoms with Crippen molar-refractivity contribution in [1.29, 1.82) is 0 Å². The third-order valence-electron chi connectivity index (χ3n) is 2.26. The zero-order chi connectivity index (χ0) is 13.1. The molecule has 1 N–H and O–H groups in total. The maximum atomic E-state index is 5.64. The van der Waals surface area contributed by atoms with Crippen LogP contribution in [0.5, 0.6) is 11.1 Å². The van der Waals surface area contributed by atoms with Crippen molar-refractivity contribution in [3.05, 3.63) is 16.8 Å². The Labute approximate surface area is 110 Å². The Balaban J connectivity index is 2.00. The number of hydrogen-bond donors (Lipinski definition) is 1. The summed E-state index contributed by atoms with van der Waals surface area (Å²) in [5.74, 6) is 0.673. The van der Waals surface area contributed by atoms with Crippen LogP contribution in [0.25, 0.3) is 0 Å². The quantitative estimate of drug-likeness (QED) is 0.896. The molecule has 6 nitrogen and oxygen atoms in total. The molecule has 2 rings (SSSR count). The van der Waals surface area contributed by atoms with Crippen LogP contribution in [0.15, 0.2) is 6.07 Å². The van der Waals surface area contributed by atoms with Crippen molar-refractivity contribution in [3.8, 4) is 11.1 Å². The Morgan fingerprint density at radius 3 is 2.83 bits per heavy atom. The molecule has 0 unspecified atom stereocenters. The lowest BCUT2D eigenvalue weighted by Crippen LogP contribution is -2.21. The van der Waals surface area contributed by atoms with Crippen LogP contribution in [-0.4, -0.2) is 26.0 Å². The third-order valence-corrected chi connectivity index (χ3v) is 3.06. The van der Waals surface area contributed by atoms with Crippen molar-refractivity contribution in [1.82, 2.24) is 25.3 Å². The van der Waals surface area contributed by atoms with E-state index >= 15 is 0 Å². The first-order chi connectivity index (χ1) is 8.54. The topological polar surface area (TPSA) is 64.9 Å². The van der Waals surface area contributed by atoms with Crippen LogP contribution >= 0.6 is 11.3 Å². The Bertz CT molecular complexity index is 519. The normalized spacial score (nSPS) is 11.2. The van der Waals surface area contributed by atoms with E-state index in [1.54, 1.807) is 4.68 Å². The molecule has 0 atom stereocenters. The van der Waals surface area contributed by atoms with E-state index < -0.39 is 0 Å². The molecule has 0 saturated carbocycles. The highest BCUT2D eigenvalue weighted by molar-refractivity contribution is 7.13. The molecule has 0 saturated heterocycles. The lowest BCUT2D eigenvalue weighted by molar-refractivity contribution is 0.424. The fraction of sp³-hybridized carbons (Fsp3) is 0.545. The molecule has 18 heavy (non-hydrogen) atoms. The van der Waals surface area contributed by atoms with Gasteiger partial charge in [0.05, 0.1) is 12.2 Å². The molecule has 0 aliphatic rings. The van der Waals surface area contributed by atoms with Gasteiger partial charge in [-0.15, -0.1) is 5.10 Å². The average Bonchev–Trinajstić information content (AvgIpc) is 2.84. The Morgan fingerprint density at radius 1 is 1.44 bits per heavy atom. The summed E-state index contributed by atoms with van der Waals surface area (Å²) in [5, 5.41) is 17.0. The summed E-state index contributed by atoms with van der Waals surface area (Å²) in [6.45, 7) is 6.82. The van der Waals surface area contributed by atoms with Crippen molar-refractivity contribution in [2.24, 2.45) is 7.05 Å². The van der Waals surface area contributed by atoms with Crippen LogP contribution < -0.4 is 10.1 Å². The Morgan fingerprint density at radius 2 is 2.22 bits per heavy atom. The van der Waals surface area contributed by atoms with Gasteiger partial charge in [-0.3, -0.25) is 0 Å². The number of ether oxygens (including phenoxy) is 1. The molecule has 0 aliphatic heterocycles. The van der Waals surface area contributed by atoms with E-state index in [1.807, 2.05) is 20.0 Å². The van der Waals surface area contributed by atoms with Crippen LogP contribution in [0, 0.1) is 6.92 Å². The second kappa shape index (κ2) is 5.45. The first kappa shape index (κ1) is 13.0. The molecule has 0 amide bonds.